The van der Waals surface area contributed by atoms with Crippen LogP contribution in [-0.4, -0.2) is 11.8 Å². The van der Waals surface area contributed by atoms with Crippen molar-refractivity contribution in [3.63, 3.8) is 0 Å². The first-order valence-electron chi connectivity index (χ1n) is 8.57. The zero-order chi connectivity index (χ0) is 19.0. The zero-order valence-electron chi connectivity index (χ0n) is 14.6. The molecule has 0 spiro atoms. The summed E-state index contributed by atoms with van der Waals surface area (Å²) in [6, 6.07) is 21.8. The summed E-state index contributed by atoms with van der Waals surface area (Å²) in [5.74, 6) is -0.659. The van der Waals surface area contributed by atoms with Crippen LogP contribution in [0.2, 0.25) is 5.02 Å². The highest BCUT2D eigenvalue weighted by Gasteiger charge is 2.35. The predicted molar refractivity (Wildman–Crippen MR) is 109 cm³/mol. The van der Waals surface area contributed by atoms with Gasteiger partial charge in [-0.1, -0.05) is 54.1 Å². The molecular weight excluding hydrogens is 358 g/mol. The Morgan fingerprint density at radius 2 is 1.56 bits per heavy atom. The van der Waals surface area contributed by atoms with Gasteiger partial charge in [0.1, 0.15) is 0 Å². The van der Waals surface area contributed by atoms with Crippen molar-refractivity contribution in [3.05, 3.63) is 100 Å². The van der Waals surface area contributed by atoms with Crippen LogP contribution in [0.5, 0.6) is 0 Å². The van der Waals surface area contributed by atoms with Gasteiger partial charge < -0.3 is 0 Å². The van der Waals surface area contributed by atoms with Gasteiger partial charge in [-0.15, -0.1) is 0 Å². The number of hydrogen-bond donors (Lipinski definition) is 0. The van der Waals surface area contributed by atoms with Crippen LogP contribution in [-0.2, 0) is 4.79 Å². The van der Waals surface area contributed by atoms with E-state index in [4.69, 9.17) is 11.6 Å². The molecule has 0 N–H and O–H groups in total. The maximum Gasteiger partial charge on any atom is 0.265 e. The van der Waals surface area contributed by atoms with Crippen molar-refractivity contribution < 1.29 is 9.59 Å². The third-order valence-corrected chi connectivity index (χ3v) is 4.74. The number of hydrogen-bond acceptors (Lipinski definition) is 2. The normalized spacial score (nSPS) is 15.2. The summed E-state index contributed by atoms with van der Waals surface area (Å²) in [5, 5.41) is 0.590. The lowest BCUT2D eigenvalue weighted by Gasteiger charge is -2.29. The van der Waals surface area contributed by atoms with Crippen molar-refractivity contribution in [2.45, 2.75) is 6.92 Å². The van der Waals surface area contributed by atoms with Crippen LogP contribution < -0.4 is 4.90 Å². The van der Waals surface area contributed by atoms with Crippen LogP contribution in [0.15, 0.2) is 72.8 Å². The number of benzene rings is 3. The number of carbonyl (C=O) groups excluding carboxylic acids is 2. The van der Waals surface area contributed by atoms with Crippen LogP contribution >= 0.6 is 11.6 Å². The van der Waals surface area contributed by atoms with Crippen LogP contribution in [0.25, 0.3) is 11.6 Å². The van der Waals surface area contributed by atoms with Gasteiger partial charge in [0.05, 0.1) is 5.69 Å². The van der Waals surface area contributed by atoms with E-state index in [-0.39, 0.29) is 11.8 Å². The molecule has 0 saturated heterocycles. The minimum absolute atomic E-state index is 0.315. The Morgan fingerprint density at radius 1 is 0.815 bits per heavy atom. The molecule has 0 aliphatic carbocycles. The van der Waals surface area contributed by atoms with Gasteiger partial charge in [0.2, 0.25) is 0 Å². The summed E-state index contributed by atoms with van der Waals surface area (Å²) in [7, 11) is 0. The molecule has 132 valence electrons. The topological polar surface area (TPSA) is 37.4 Å². The van der Waals surface area contributed by atoms with Crippen LogP contribution in [0.1, 0.15) is 27.0 Å². The summed E-state index contributed by atoms with van der Waals surface area (Å²) >= 11 is 6.09. The number of halogens is 1. The van der Waals surface area contributed by atoms with Gasteiger partial charge in [0.15, 0.2) is 0 Å². The van der Waals surface area contributed by atoms with Crippen molar-refractivity contribution in [1.82, 2.24) is 0 Å². The number of carbonyl (C=O) groups is 2. The average molecular weight is 374 g/mol. The Labute approximate surface area is 162 Å². The highest BCUT2D eigenvalue weighted by Crippen LogP contribution is 2.33. The number of anilines is 1. The number of imide groups is 1. The molecule has 1 aliphatic rings. The smallest absolute Gasteiger partial charge is 0.265 e. The molecule has 0 atom stereocenters. The van der Waals surface area contributed by atoms with E-state index in [9.17, 15) is 9.59 Å². The molecule has 0 fully saturated rings. The molecule has 3 aromatic rings. The lowest BCUT2D eigenvalue weighted by atomic mass is 9.91. The summed E-state index contributed by atoms with van der Waals surface area (Å²) in [5.41, 5.74) is 3.96. The first kappa shape index (κ1) is 17.3. The number of amides is 2. The van der Waals surface area contributed by atoms with Gasteiger partial charge >= 0.3 is 0 Å². The first-order valence-corrected chi connectivity index (χ1v) is 8.94. The van der Waals surface area contributed by atoms with E-state index >= 15 is 0 Å². The number of rotatable bonds is 2. The van der Waals surface area contributed by atoms with E-state index in [1.807, 2.05) is 43.3 Å². The summed E-state index contributed by atoms with van der Waals surface area (Å²) in [6.07, 6.45) is 1.78. The quantitative estimate of drug-likeness (QED) is 0.447. The average Bonchev–Trinajstić information content (AvgIpc) is 2.65. The third-order valence-electron chi connectivity index (χ3n) is 4.50. The largest absolute Gasteiger partial charge is 0.268 e. The van der Waals surface area contributed by atoms with Crippen LogP contribution in [0.4, 0.5) is 5.69 Å². The van der Waals surface area contributed by atoms with Gasteiger partial charge in [-0.05, 0) is 60.0 Å². The van der Waals surface area contributed by atoms with E-state index < -0.39 is 0 Å². The highest BCUT2D eigenvalue weighted by molar-refractivity contribution is 6.43. The number of nitrogens with zero attached hydrogens (tertiary/aromatic N) is 1. The molecule has 0 unspecified atom stereocenters. The minimum atomic E-state index is -0.343. The second-order valence-electron chi connectivity index (χ2n) is 6.44. The Hall–Kier alpha value is -3.17. The van der Waals surface area contributed by atoms with Gasteiger partial charge in [-0.25, -0.2) is 4.90 Å². The number of fused-ring (bicyclic) bond motifs is 1. The fourth-order valence-corrected chi connectivity index (χ4v) is 3.46. The molecule has 0 saturated carbocycles. The molecule has 4 rings (SSSR count). The predicted octanol–water partition coefficient (Wildman–Crippen LogP) is 5.38. The highest BCUT2D eigenvalue weighted by atomic mass is 35.5. The molecular formula is C23H16ClNO2. The fourth-order valence-electron chi connectivity index (χ4n) is 3.26. The monoisotopic (exact) mass is 373 g/mol. The van der Waals surface area contributed by atoms with E-state index in [1.165, 1.54) is 4.90 Å². The molecule has 27 heavy (non-hydrogen) atoms. The van der Waals surface area contributed by atoms with Gasteiger partial charge in [-0.3, -0.25) is 9.59 Å². The Morgan fingerprint density at radius 3 is 2.30 bits per heavy atom. The van der Waals surface area contributed by atoms with E-state index in [0.717, 1.165) is 11.1 Å². The van der Waals surface area contributed by atoms with E-state index in [2.05, 4.69) is 0 Å². The molecule has 2 amide bonds. The summed E-state index contributed by atoms with van der Waals surface area (Å²) in [6.45, 7) is 1.93. The van der Waals surface area contributed by atoms with Crippen molar-refractivity contribution in [2.24, 2.45) is 0 Å². The fraction of sp³-hybridized carbons (Fsp3) is 0.0435. The SMILES string of the molecule is Cc1cccc(N2C(=O)/C(=C\c3cccc(Cl)c3)c3ccccc3C2=O)c1. The van der Waals surface area contributed by atoms with Gasteiger partial charge in [-0.2, -0.15) is 0 Å². The molecule has 0 radical (unpaired) electrons. The molecule has 3 aromatic carbocycles. The van der Waals surface area contributed by atoms with Gasteiger partial charge in [0, 0.05) is 16.2 Å². The van der Waals surface area contributed by atoms with Crippen LogP contribution in [0, 0.1) is 6.92 Å². The van der Waals surface area contributed by atoms with Gasteiger partial charge in [0.25, 0.3) is 11.8 Å². The molecule has 1 heterocycles. The maximum absolute atomic E-state index is 13.3. The van der Waals surface area contributed by atoms with E-state index in [1.54, 1.807) is 42.5 Å². The van der Waals surface area contributed by atoms with E-state index in [0.29, 0.717) is 27.4 Å². The Bertz CT molecular complexity index is 1100. The van der Waals surface area contributed by atoms with Crippen molar-refractivity contribution in [3.8, 4) is 0 Å². The lowest BCUT2D eigenvalue weighted by Crippen LogP contribution is -2.41. The molecule has 4 heteroatoms. The standard InChI is InChI=1S/C23H16ClNO2/c1-15-6-4-9-18(12-15)25-22(26)20-11-3-2-10-19(20)21(23(25)27)14-16-7-5-8-17(24)13-16/h2-14H,1H3/b21-14-. The second kappa shape index (κ2) is 6.86. The molecule has 0 bridgehead atoms. The minimum Gasteiger partial charge on any atom is -0.268 e. The number of aryl methyl sites for hydroxylation is 1. The Kier molecular flexibility index (Phi) is 4.38. The lowest BCUT2D eigenvalue weighted by molar-refractivity contribution is -0.112. The first-order chi connectivity index (χ1) is 13.0. The van der Waals surface area contributed by atoms with Crippen LogP contribution in [0.3, 0.4) is 0 Å². The molecule has 3 nitrogen and oxygen atoms in total. The zero-order valence-corrected chi connectivity index (χ0v) is 15.4. The van der Waals surface area contributed by atoms with Crippen molar-refractivity contribution in [1.29, 1.82) is 0 Å². The third kappa shape index (κ3) is 3.18. The molecule has 0 aromatic heterocycles. The summed E-state index contributed by atoms with van der Waals surface area (Å²) < 4.78 is 0. The van der Waals surface area contributed by atoms with Crippen molar-refractivity contribution in [2.75, 3.05) is 4.90 Å². The maximum atomic E-state index is 13.3. The Balaban J connectivity index is 1.91. The van der Waals surface area contributed by atoms with Crippen molar-refractivity contribution >= 4 is 40.8 Å². The molecule has 1 aliphatic heterocycles. The summed E-state index contributed by atoms with van der Waals surface area (Å²) in [4.78, 5) is 27.6. The second-order valence-corrected chi connectivity index (χ2v) is 6.88.